The maximum absolute atomic E-state index is 12.3. The van der Waals surface area contributed by atoms with E-state index in [0.717, 1.165) is 31.4 Å². The van der Waals surface area contributed by atoms with Crippen LogP contribution in [0.3, 0.4) is 0 Å². The Morgan fingerprint density at radius 2 is 2.19 bits per heavy atom. The van der Waals surface area contributed by atoms with Gasteiger partial charge in [0, 0.05) is 27.2 Å². The van der Waals surface area contributed by atoms with E-state index in [9.17, 15) is 4.79 Å². The molecule has 3 heterocycles. The fraction of sp³-hybridized carbons (Fsp3) is 0.538. The number of nitrogens with zero attached hydrogens (tertiary/aromatic N) is 5. The van der Waals surface area contributed by atoms with Gasteiger partial charge in [0.05, 0.1) is 12.9 Å². The molecular formula is C13H19N7O. The fourth-order valence-electron chi connectivity index (χ4n) is 2.55. The van der Waals surface area contributed by atoms with Crippen LogP contribution in [0.25, 0.3) is 11.2 Å². The second-order valence-electron chi connectivity index (χ2n) is 5.17. The molecule has 21 heavy (non-hydrogen) atoms. The number of fused-ring (bicyclic) bond motifs is 1. The van der Waals surface area contributed by atoms with Crippen molar-refractivity contribution in [2.24, 2.45) is 0 Å². The van der Waals surface area contributed by atoms with E-state index in [1.165, 1.54) is 0 Å². The average Bonchev–Trinajstić information content (AvgIpc) is 3.16. The second-order valence-corrected chi connectivity index (χ2v) is 5.17. The molecule has 0 aromatic carbocycles. The molecule has 1 saturated heterocycles. The Morgan fingerprint density at radius 3 is 2.90 bits per heavy atom. The van der Waals surface area contributed by atoms with Gasteiger partial charge in [-0.1, -0.05) is 0 Å². The van der Waals surface area contributed by atoms with Crippen LogP contribution < -0.4 is 10.2 Å². The molecule has 0 radical (unpaired) electrons. The van der Waals surface area contributed by atoms with Gasteiger partial charge in [0.2, 0.25) is 11.9 Å². The molecule has 1 fully saturated rings. The van der Waals surface area contributed by atoms with Crippen LogP contribution in [0.4, 0.5) is 11.8 Å². The first-order chi connectivity index (χ1) is 10.2. The highest BCUT2D eigenvalue weighted by Gasteiger charge is 2.21. The zero-order chi connectivity index (χ0) is 14.8. The molecule has 2 N–H and O–H groups in total. The number of likely N-dealkylation sites (tertiary alicyclic amines) is 1. The van der Waals surface area contributed by atoms with Gasteiger partial charge in [0.1, 0.15) is 5.52 Å². The molecule has 1 aliphatic heterocycles. The molecule has 0 bridgehead atoms. The summed E-state index contributed by atoms with van der Waals surface area (Å²) in [5.74, 6) is 1.30. The van der Waals surface area contributed by atoms with E-state index in [1.807, 2.05) is 16.8 Å². The molecule has 3 rings (SSSR count). The molecule has 8 heteroatoms. The monoisotopic (exact) mass is 289 g/mol. The number of rotatable bonds is 4. The lowest BCUT2D eigenvalue weighted by Gasteiger charge is -2.22. The molecule has 8 nitrogen and oxygen atoms in total. The van der Waals surface area contributed by atoms with Gasteiger partial charge in [-0.2, -0.15) is 9.97 Å². The predicted molar refractivity (Wildman–Crippen MR) is 80.3 cm³/mol. The van der Waals surface area contributed by atoms with Gasteiger partial charge in [0.15, 0.2) is 11.5 Å². The first-order valence-corrected chi connectivity index (χ1v) is 7.07. The molecule has 2 aromatic heterocycles. The Labute approximate surface area is 122 Å². The van der Waals surface area contributed by atoms with Crippen molar-refractivity contribution in [1.29, 1.82) is 0 Å². The van der Waals surface area contributed by atoms with Crippen LogP contribution in [-0.4, -0.2) is 64.5 Å². The Balaban J connectivity index is 1.84. The molecule has 0 aliphatic carbocycles. The number of imidazole rings is 1. The summed E-state index contributed by atoms with van der Waals surface area (Å²) in [5.41, 5.74) is 1.33. The van der Waals surface area contributed by atoms with E-state index in [-0.39, 0.29) is 5.91 Å². The molecule has 0 saturated carbocycles. The lowest BCUT2D eigenvalue weighted by Crippen LogP contribution is -2.37. The van der Waals surface area contributed by atoms with Crippen molar-refractivity contribution in [2.45, 2.75) is 12.8 Å². The molecule has 0 spiro atoms. The summed E-state index contributed by atoms with van der Waals surface area (Å²) in [5, 5.41) is 2.91. The molecule has 112 valence electrons. The topological polar surface area (TPSA) is 90.0 Å². The number of hydrogen-bond donors (Lipinski definition) is 2. The van der Waals surface area contributed by atoms with E-state index in [0.29, 0.717) is 24.0 Å². The van der Waals surface area contributed by atoms with Crippen molar-refractivity contribution >= 4 is 28.8 Å². The standard InChI is InChI=1S/C13H19N7O/c1-14-13-17-11-10(15-8-16-11)12(18-13)19(2)7-9(21)20-5-3-4-6-20/h8H,3-7H2,1-2H3,(H2,14,15,16,17,18). The van der Waals surface area contributed by atoms with Crippen molar-refractivity contribution in [3.8, 4) is 0 Å². The molecule has 1 amide bonds. The summed E-state index contributed by atoms with van der Waals surface area (Å²) in [7, 11) is 3.61. The van der Waals surface area contributed by atoms with E-state index >= 15 is 0 Å². The Morgan fingerprint density at radius 1 is 1.43 bits per heavy atom. The first kappa shape index (κ1) is 13.6. The van der Waals surface area contributed by atoms with Crippen LogP contribution >= 0.6 is 0 Å². The Kier molecular flexibility index (Phi) is 3.59. The minimum Gasteiger partial charge on any atom is -0.357 e. The zero-order valence-corrected chi connectivity index (χ0v) is 12.3. The fourth-order valence-corrected chi connectivity index (χ4v) is 2.55. The number of aromatic amines is 1. The number of anilines is 2. The van der Waals surface area contributed by atoms with E-state index in [1.54, 1.807) is 13.4 Å². The van der Waals surface area contributed by atoms with E-state index < -0.39 is 0 Å². The quantitative estimate of drug-likeness (QED) is 0.849. The third kappa shape index (κ3) is 2.61. The number of hydrogen-bond acceptors (Lipinski definition) is 6. The zero-order valence-electron chi connectivity index (χ0n) is 12.3. The van der Waals surface area contributed by atoms with Crippen LogP contribution in [-0.2, 0) is 4.79 Å². The lowest BCUT2D eigenvalue weighted by atomic mass is 10.4. The smallest absolute Gasteiger partial charge is 0.242 e. The van der Waals surface area contributed by atoms with Crippen molar-refractivity contribution in [2.75, 3.05) is 43.9 Å². The van der Waals surface area contributed by atoms with Gasteiger partial charge in [-0.25, -0.2) is 4.98 Å². The number of carbonyl (C=O) groups is 1. The van der Waals surface area contributed by atoms with Crippen LogP contribution in [0.5, 0.6) is 0 Å². The third-order valence-corrected chi connectivity index (χ3v) is 3.68. The summed E-state index contributed by atoms with van der Waals surface area (Å²) in [6.07, 6.45) is 3.77. The summed E-state index contributed by atoms with van der Waals surface area (Å²) < 4.78 is 0. The summed E-state index contributed by atoms with van der Waals surface area (Å²) in [6.45, 7) is 2.02. The molecule has 1 aliphatic rings. The Hall–Kier alpha value is -2.38. The maximum atomic E-state index is 12.3. The van der Waals surface area contributed by atoms with Crippen LogP contribution in [0, 0.1) is 0 Å². The summed E-state index contributed by atoms with van der Waals surface area (Å²) in [4.78, 5) is 31.9. The van der Waals surface area contributed by atoms with Crippen molar-refractivity contribution in [3.05, 3.63) is 6.33 Å². The SMILES string of the molecule is CNc1nc(N(C)CC(=O)N2CCCC2)c2[nH]cnc2n1. The van der Waals surface area contributed by atoms with Gasteiger partial charge in [-0.3, -0.25) is 4.79 Å². The van der Waals surface area contributed by atoms with Crippen LogP contribution in [0.1, 0.15) is 12.8 Å². The third-order valence-electron chi connectivity index (χ3n) is 3.68. The normalized spacial score (nSPS) is 14.7. The molecule has 0 atom stereocenters. The summed E-state index contributed by atoms with van der Waals surface area (Å²) in [6, 6.07) is 0. The number of amides is 1. The second kappa shape index (κ2) is 5.55. The molecule has 2 aromatic rings. The van der Waals surface area contributed by atoms with Crippen LogP contribution in [0.15, 0.2) is 6.33 Å². The van der Waals surface area contributed by atoms with Crippen molar-refractivity contribution in [1.82, 2.24) is 24.8 Å². The van der Waals surface area contributed by atoms with Crippen molar-refractivity contribution in [3.63, 3.8) is 0 Å². The minimum atomic E-state index is 0.132. The number of nitrogens with one attached hydrogen (secondary N) is 2. The number of aromatic nitrogens is 4. The maximum Gasteiger partial charge on any atom is 0.242 e. The Bertz CT molecular complexity index is 647. The highest BCUT2D eigenvalue weighted by atomic mass is 16.2. The van der Waals surface area contributed by atoms with Gasteiger partial charge in [0.25, 0.3) is 0 Å². The van der Waals surface area contributed by atoms with E-state index in [4.69, 9.17) is 0 Å². The highest BCUT2D eigenvalue weighted by molar-refractivity contribution is 5.88. The average molecular weight is 289 g/mol. The van der Waals surface area contributed by atoms with Gasteiger partial charge in [-0.15, -0.1) is 0 Å². The first-order valence-electron chi connectivity index (χ1n) is 7.07. The predicted octanol–water partition coefficient (Wildman–Crippen LogP) is 0.453. The number of likely N-dealkylation sites (N-methyl/N-ethyl adjacent to an activating group) is 1. The highest BCUT2D eigenvalue weighted by Crippen LogP contribution is 2.21. The van der Waals surface area contributed by atoms with Crippen molar-refractivity contribution < 1.29 is 4.79 Å². The number of H-pyrrole nitrogens is 1. The largest absolute Gasteiger partial charge is 0.357 e. The molecule has 0 unspecified atom stereocenters. The number of carbonyl (C=O) groups excluding carboxylic acids is 1. The lowest BCUT2D eigenvalue weighted by molar-refractivity contribution is -0.128. The van der Waals surface area contributed by atoms with Gasteiger partial charge < -0.3 is 20.1 Å². The molecular weight excluding hydrogens is 270 g/mol. The summed E-state index contributed by atoms with van der Waals surface area (Å²) >= 11 is 0. The van der Waals surface area contributed by atoms with Gasteiger partial charge >= 0.3 is 0 Å². The van der Waals surface area contributed by atoms with Gasteiger partial charge in [-0.05, 0) is 12.8 Å². The van der Waals surface area contributed by atoms with Crippen LogP contribution in [0.2, 0.25) is 0 Å². The van der Waals surface area contributed by atoms with E-state index in [2.05, 4.69) is 25.3 Å². The minimum absolute atomic E-state index is 0.132.